The van der Waals surface area contributed by atoms with Crippen LogP contribution >= 0.6 is 0 Å². The van der Waals surface area contributed by atoms with Gasteiger partial charge in [0.05, 0.1) is 0 Å². The zero-order chi connectivity index (χ0) is 9.56. The molecule has 0 aromatic heterocycles. The SMILES string of the molecule is CCCC(CCC(C)C)C(C)=O. The molecule has 0 aromatic rings. The van der Waals surface area contributed by atoms with Gasteiger partial charge in [-0.2, -0.15) is 0 Å². The van der Waals surface area contributed by atoms with Crippen molar-refractivity contribution in [3.8, 4) is 0 Å². The third kappa shape index (κ3) is 5.34. The lowest BCUT2D eigenvalue weighted by Crippen LogP contribution is -2.11. The molecule has 0 saturated carbocycles. The highest BCUT2D eigenvalue weighted by Gasteiger charge is 2.12. The van der Waals surface area contributed by atoms with Crippen LogP contribution in [0.3, 0.4) is 0 Å². The van der Waals surface area contributed by atoms with Gasteiger partial charge in [0.2, 0.25) is 0 Å². The summed E-state index contributed by atoms with van der Waals surface area (Å²) in [6, 6.07) is 0. The molecule has 0 rings (SSSR count). The van der Waals surface area contributed by atoms with Crippen molar-refractivity contribution in [3.63, 3.8) is 0 Å². The van der Waals surface area contributed by atoms with Gasteiger partial charge in [-0.1, -0.05) is 33.6 Å². The minimum Gasteiger partial charge on any atom is -0.300 e. The molecule has 1 heteroatoms. The molecule has 0 N–H and O–H groups in total. The van der Waals surface area contributed by atoms with E-state index >= 15 is 0 Å². The van der Waals surface area contributed by atoms with Crippen molar-refractivity contribution in [2.45, 2.75) is 53.4 Å². The first-order valence-corrected chi connectivity index (χ1v) is 5.08. The Hall–Kier alpha value is -0.330. The number of carbonyl (C=O) groups is 1. The first kappa shape index (κ1) is 11.7. The van der Waals surface area contributed by atoms with Crippen molar-refractivity contribution < 1.29 is 4.79 Å². The molecule has 0 aliphatic heterocycles. The summed E-state index contributed by atoms with van der Waals surface area (Å²) in [4.78, 5) is 11.1. The second-order valence-electron chi connectivity index (χ2n) is 4.07. The molecule has 0 bridgehead atoms. The van der Waals surface area contributed by atoms with Crippen molar-refractivity contribution in [1.82, 2.24) is 0 Å². The lowest BCUT2D eigenvalue weighted by atomic mass is 9.91. The molecule has 0 spiro atoms. The van der Waals surface area contributed by atoms with Gasteiger partial charge in [0.15, 0.2) is 0 Å². The number of Topliss-reactive ketones (excluding diaryl/α,β-unsaturated/α-hetero) is 1. The lowest BCUT2D eigenvalue weighted by Gasteiger charge is -2.13. The highest BCUT2D eigenvalue weighted by molar-refractivity contribution is 5.78. The molecule has 0 fully saturated rings. The molecule has 1 nitrogen and oxygen atoms in total. The van der Waals surface area contributed by atoms with E-state index < -0.39 is 0 Å². The van der Waals surface area contributed by atoms with Crippen LogP contribution in [-0.4, -0.2) is 5.78 Å². The van der Waals surface area contributed by atoms with E-state index in [-0.39, 0.29) is 0 Å². The molecule has 0 saturated heterocycles. The Morgan fingerprint density at radius 2 is 1.75 bits per heavy atom. The van der Waals surface area contributed by atoms with Crippen molar-refractivity contribution in [1.29, 1.82) is 0 Å². The van der Waals surface area contributed by atoms with Crippen molar-refractivity contribution >= 4 is 5.78 Å². The Bertz CT molecular complexity index is 127. The van der Waals surface area contributed by atoms with Gasteiger partial charge in [-0.15, -0.1) is 0 Å². The van der Waals surface area contributed by atoms with Crippen molar-refractivity contribution in [3.05, 3.63) is 0 Å². The number of rotatable bonds is 6. The molecule has 72 valence electrons. The van der Waals surface area contributed by atoms with Crippen LogP contribution in [-0.2, 0) is 4.79 Å². The maximum atomic E-state index is 11.1. The lowest BCUT2D eigenvalue weighted by molar-refractivity contribution is -0.121. The third-order valence-electron chi connectivity index (χ3n) is 2.30. The molecule has 0 radical (unpaired) electrons. The Kier molecular flexibility index (Phi) is 6.04. The molecule has 0 aromatic carbocycles. The molecule has 0 amide bonds. The quantitative estimate of drug-likeness (QED) is 0.597. The highest BCUT2D eigenvalue weighted by atomic mass is 16.1. The second-order valence-corrected chi connectivity index (χ2v) is 4.07. The smallest absolute Gasteiger partial charge is 0.132 e. The Morgan fingerprint density at radius 3 is 2.08 bits per heavy atom. The minimum atomic E-state index is 0.331. The van der Waals surface area contributed by atoms with Crippen LogP contribution in [0.2, 0.25) is 0 Å². The van der Waals surface area contributed by atoms with Crippen LogP contribution in [0, 0.1) is 11.8 Å². The zero-order valence-electron chi connectivity index (χ0n) is 8.89. The van der Waals surface area contributed by atoms with Gasteiger partial charge in [-0.05, 0) is 25.7 Å². The van der Waals surface area contributed by atoms with E-state index in [0.717, 1.165) is 25.2 Å². The summed E-state index contributed by atoms with van der Waals surface area (Å²) in [6.07, 6.45) is 4.47. The average molecular weight is 170 g/mol. The topological polar surface area (TPSA) is 17.1 Å². The van der Waals surface area contributed by atoms with Gasteiger partial charge < -0.3 is 0 Å². The molecule has 0 aliphatic rings. The fraction of sp³-hybridized carbons (Fsp3) is 0.909. The van der Waals surface area contributed by atoms with E-state index in [4.69, 9.17) is 0 Å². The number of hydrogen-bond donors (Lipinski definition) is 0. The number of carbonyl (C=O) groups excluding carboxylic acids is 1. The highest BCUT2D eigenvalue weighted by Crippen LogP contribution is 2.17. The van der Waals surface area contributed by atoms with E-state index in [9.17, 15) is 4.79 Å². The molecule has 1 atom stereocenters. The minimum absolute atomic E-state index is 0.331. The third-order valence-corrected chi connectivity index (χ3v) is 2.30. The summed E-state index contributed by atoms with van der Waals surface area (Å²) in [5.41, 5.74) is 0. The van der Waals surface area contributed by atoms with E-state index in [1.165, 1.54) is 6.42 Å². The Morgan fingerprint density at radius 1 is 1.17 bits per heavy atom. The van der Waals surface area contributed by atoms with E-state index in [2.05, 4.69) is 20.8 Å². The summed E-state index contributed by atoms with van der Waals surface area (Å²) in [6.45, 7) is 8.29. The summed E-state index contributed by atoms with van der Waals surface area (Å²) in [5, 5.41) is 0. The maximum absolute atomic E-state index is 11.1. The molecule has 0 heterocycles. The van der Waals surface area contributed by atoms with Crippen LogP contribution in [0.5, 0.6) is 0 Å². The summed E-state index contributed by atoms with van der Waals surface area (Å²) in [7, 11) is 0. The fourth-order valence-electron chi connectivity index (χ4n) is 1.43. The molecule has 0 aliphatic carbocycles. The molecule has 1 unspecified atom stereocenters. The van der Waals surface area contributed by atoms with Crippen LogP contribution < -0.4 is 0 Å². The van der Waals surface area contributed by atoms with Gasteiger partial charge >= 0.3 is 0 Å². The largest absolute Gasteiger partial charge is 0.300 e. The van der Waals surface area contributed by atoms with Crippen LogP contribution in [0.15, 0.2) is 0 Å². The fourth-order valence-corrected chi connectivity index (χ4v) is 1.43. The Labute approximate surface area is 76.6 Å². The van der Waals surface area contributed by atoms with Crippen LogP contribution in [0.25, 0.3) is 0 Å². The van der Waals surface area contributed by atoms with Gasteiger partial charge in [0.1, 0.15) is 5.78 Å². The Balaban J connectivity index is 3.71. The summed E-state index contributed by atoms with van der Waals surface area (Å²) < 4.78 is 0. The predicted octanol–water partition coefficient (Wildman–Crippen LogP) is 3.43. The predicted molar refractivity (Wildman–Crippen MR) is 53.2 cm³/mol. The standard InChI is InChI=1S/C11H22O/c1-5-6-11(10(4)12)8-7-9(2)3/h9,11H,5-8H2,1-4H3. The van der Waals surface area contributed by atoms with Crippen molar-refractivity contribution in [2.75, 3.05) is 0 Å². The van der Waals surface area contributed by atoms with Gasteiger partial charge in [0, 0.05) is 5.92 Å². The van der Waals surface area contributed by atoms with Gasteiger partial charge in [0.25, 0.3) is 0 Å². The van der Waals surface area contributed by atoms with E-state index in [1.807, 2.05) is 0 Å². The first-order chi connectivity index (χ1) is 5.57. The van der Waals surface area contributed by atoms with E-state index in [0.29, 0.717) is 11.7 Å². The number of ketones is 1. The maximum Gasteiger partial charge on any atom is 0.132 e. The van der Waals surface area contributed by atoms with Gasteiger partial charge in [-0.25, -0.2) is 0 Å². The number of hydrogen-bond acceptors (Lipinski definition) is 1. The summed E-state index contributed by atoms with van der Waals surface area (Å²) in [5.74, 6) is 1.43. The molecular weight excluding hydrogens is 148 g/mol. The molecular formula is C11H22O. The van der Waals surface area contributed by atoms with Crippen LogP contribution in [0.1, 0.15) is 53.4 Å². The molecule has 12 heavy (non-hydrogen) atoms. The first-order valence-electron chi connectivity index (χ1n) is 5.08. The van der Waals surface area contributed by atoms with Gasteiger partial charge in [-0.3, -0.25) is 4.79 Å². The second kappa shape index (κ2) is 6.22. The van der Waals surface area contributed by atoms with Crippen LogP contribution in [0.4, 0.5) is 0 Å². The zero-order valence-corrected chi connectivity index (χ0v) is 8.89. The summed E-state index contributed by atoms with van der Waals surface area (Å²) >= 11 is 0. The van der Waals surface area contributed by atoms with E-state index in [1.54, 1.807) is 6.92 Å². The normalized spacial score (nSPS) is 13.4. The monoisotopic (exact) mass is 170 g/mol. The average Bonchev–Trinajstić information content (AvgIpc) is 1.96. The van der Waals surface area contributed by atoms with Crippen molar-refractivity contribution in [2.24, 2.45) is 11.8 Å².